The summed E-state index contributed by atoms with van der Waals surface area (Å²) in [6, 6.07) is 9.65. The standard InChI is InChI=1S/C14H13FN4/c1-2-19(12-5-3-11(15)4-6-12)14-13(17)10(9-16)7-8-18-14/h3-8H,2,17H2,1H3. The van der Waals surface area contributed by atoms with Gasteiger partial charge in [0.1, 0.15) is 11.9 Å². The van der Waals surface area contributed by atoms with E-state index in [0.29, 0.717) is 23.6 Å². The number of rotatable bonds is 3. The fraction of sp³-hybridized carbons (Fsp3) is 0.143. The van der Waals surface area contributed by atoms with Crippen LogP contribution in [0.1, 0.15) is 12.5 Å². The van der Waals surface area contributed by atoms with E-state index in [1.54, 1.807) is 18.2 Å². The van der Waals surface area contributed by atoms with Crippen LogP contribution < -0.4 is 10.6 Å². The molecule has 0 fully saturated rings. The second-order valence-electron chi connectivity index (χ2n) is 3.93. The van der Waals surface area contributed by atoms with Crippen LogP contribution in [0.25, 0.3) is 0 Å². The van der Waals surface area contributed by atoms with Crippen molar-refractivity contribution in [1.82, 2.24) is 4.98 Å². The lowest BCUT2D eigenvalue weighted by molar-refractivity contribution is 0.628. The Kier molecular flexibility index (Phi) is 3.62. The Morgan fingerprint density at radius 2 is 2.00 bits per heavy atom. The molecule has 0 atom stereocenters. The van der Waals surface area contributed by atoms with Gasteiger partial charge in [-0.3, -0.25) is 0 Å². The zero-order valence-corrected chi connectivity index (χ0v) is 10.5. The number of nitrogens with zero attached hydrogens (tertiary/aromatic N) is 3. The van der Waals surface area contributed by atoms with Crippen molar-refractivity contribution in [2.45, 2.75) is 6.92 Å². The van der Waals surface area contributed by atoms with Gasteiger partial charge in [-0.1, -0.05) is 0 Å². The first-order chi connectivity index (χ1) is 9.17. The van der Waals surface area contributed by atoms with Gasteiger partial charge in [0.15, 0.2) is 5.82 Å². The highest BCUT2D eigenvalue weighted by molar-refractivity contribution is 5.75. The maximum Gasteiger partial charge on any atom is 0.157 e. The molecular weight excluding hydrogens is 243 g/mol. The molecule has 0 aliphatic heterocycles. The summed E-state index contributed by atoms with van der Waals surface area (Å²) in [7, 11) is 0. The minimum absolute atomic E-state index is 0.300. The topological polar surface area (TPSA) is 65.9 Å². The molecule has 1 heterocycles. The van der Waals surface area contributed by atoms with Crippen LogP contribution in [-0.4, -0.2) is 11.5 Å². The smallest absolute Gasteiger partial charge is 0.157 e. The highest BCUT2D eigenvalue weighted by Gasteiger charge is 2.14. The number of halogens is 1. The van der Waals surface area contributed by atoms with E-state index in [-0.39, 0.29) is 5.82 Å². The van der Waals surface area contributed by atoms with Crippen LogP contribution >= 0.6 is 0 Å². The van der Waals surface area contributed by atoms with Crippen LogP contribution in [0.5, 0.6) is 0 Å². The Morgan fingerprint density at radius 1 is 1.32 bits per heavy atom. The molecule has 2 N–H and O–H groups in total. The van der Waals surface area contributed by atoms with Gasteiger partial charge < -0.3 is 10.6 Å². The molecular formula is C14H13FN4. The first kappa shape index (κ1) is 12.8. The van der Waals surface area contributed by atoms with Crippen molar-refractivity contribution in [2.24, 2.45) is 0 Å². The summed E-state index contributed by atoms with van der Waals surface area (Å²) in [6.45, 7) is 2.54. The van der Waals surface area contributed by atoms with E-state index in [2.05, 4.69) is 4.98 Å². The Labute approximate surface area is 110 Å². The molecule has 2 aromatic rings. The zero-order chi connectivity index (χ0) is 13.8. The summed E-state index contributed by atoms with van der Waals surface area (Å²) in [6.07, 6.45) is 1.54. The second-order valence-corrected chi connectivity index (χ2v) is 3.93. The molecule has 5 heteroatoms. The summed E-state index contributed by atoms with van der Waals surface area (Å²) in [4.78, 5) is 6.04. The third-order valence-electron chi connectivity index (χ3n) is 2.80. The number of anilines is 3. The van der Waals surface area contributed by atoms with Gasteiger partial charge in [-0.2, -0.15) is 5.26 Å². The zero-order valence-electron chi connectivity index (χ0n) is 10.5. The van der Waals surface area contributed by atoms with Gasteiger partial charge in [0.25, 0.3) is 0 Å². The summed E-state index contributed by atoms with van der Waals surface area (Å²) < 4.78 is 13.0. The number of nitrogens with two attached hydrogens (primary N) is 1. The first-order valence-corrected chi connectivity index (χ1v) is 5.85. The van der Waals surface area contributed by atoms with Crippen molar-refractivity contribution in [1.29, 1.82) is 5.26 Å². The highest BCUT2D eigenvalue weighted by Crippen LogP contribution is 2.29. The van der Waals surface area contributed by atoms with Crippen LogP contribution in [0.15, 0.2) is 36.5 Å². The summed E-state index contributed by atoms with van der Waals surface area (Å²) in [5.74, 6) is 0.208. The number of hydrogen-bond donors (Lipinski definition) is 1. The number of pyridine rings is 1. The fourth-order valence-corrected chi connectivity index (χ4v) is 1.85. The van der Waals surface area contributed by atoms with E-state index in [0.717, 1.165) is 5.69 Å². The van der Waals surface area contributed by atoms with Gasteiger partial charge in [0.2, 0.25) is 0 Å². The van der Waals surface area contributed by atoms with E-state index >= 15 is 0 Å². The van der Waals surface area contributed by atoms with Gasteiger partial charge >= 0.3 is 0 Å². The number of nitrogen functional groups attached to an aromatic ring is 1. The molecule has 0 radical (unpaired) electrons. The van der Waals surface area contributed by atoms with Crippen molar-refractivity contribution in [2.75, 3.05) is 17.2 Å². The van der Waals surface area contributed by atoms with Crippen LogP contribution in [0.2, 0.25) is 0 Å². The third kappa shape index (κ3) is 2.47. The van der Waals surface area contributed by atoms with Gasteiger partial charge in [0.05, 0.1) is 11.3 Å². The summed E-state index contributed by atoms with van der Waals surface area (Å²) in [5, 5.41) is 8.98. The Balaban J connectivity index is 2.49. The molecule has 4 nitrogen and oxygen atoms in total. The van der Waals surface area contributed by atoms with Crippen LogP contribution in [0.4, 0.5) is 21.6 Å². The van der Waals surface area contributed by atoms with E-state index in [1.165, 1.54) is 18.3 Å². The maximum absolute atomic E-state index is 13.0. The van der Waals surface area contributed by atoms with Crippen molar-refractivity contribution in [3.8, 4) is 6.07 Å². The van der Waals surface area contributed by atoms with Gasteiger partial charge in [-0.25, -0.2) is 9.37 Å². The largest absolute Gasteiger partial charge is 0.395 e. The SMILES string of the molecule is CCN(c1ccc(F)cc1)c1nccc(C#N)c1N. The number of benzene rings is 1. The normalized spacial score (nSPS) is 9.95. The van der Waals surface area contributed by atoms with E-state index < -0.39 is 0 Å². The molecule has 19 heavy (non-hydrogen) atoms. The monoisotopic (exact) mass is 256 g/mol. The first-order valence-electron chi connectivity index (χ1n) is 5.85. The molecule has 0 saturated carbocycles. The minimum Gasteiger partial charge on any atom is -0.395 e. The molecule has 0 amide bonds. The molecule has 96 valence electrons. The molecule has 1 aromatic carbocycles. The van der Waals surface area contributed by atoms with Gasteiger partial charge in [0, 0.05) is 18.4 Å². The second kappa shape index (κ2) is 5.36. The van der Waals surface area contributed by atoms with Crippen LogP contribution in [0.3, 0.4) is 0 Å². The van der Waals surface area contributed by atoms with Gasteiger partial charge in [-0.15, -0.1) is 0 Å². The number of nitriles is 1. The van der Waals surface area contributed by atoms with Crippen molar-refractivity contribution < 1.29 is 4.39 Å². The molecule has 0 unspecified atom stereocenters. The summed E-state index contributed by atoms with van der Waals surface area (Å²) >= 11 is 0. The number of aromatic nitrogens is 1. The maximum atomic E-state index is 13.0. The van der Waals surface area contributed by atoms with Crippen molar-refractivity contribution in [3.63, 3.8) is 0 Å². The Bertz CT molecular complexity index is 616. The lowest BCUT2D eigenvalue weighted by atomic mass is 10.2. The quantitative estimate of drug-likeness (QED) is 0.917. The van der Waals surface area contributed by atoms with Gasteiger partial charge in [-0.05, 0) is 37.3 Å². The molecule has 0 spiro atoms. The van der Waals surface area contributed by atoms with E-state index in [1.807, 2.05) is 17.9 Å². The van der Waals surface area contributed by atoms with Crippen LogP contribution in [0, 0.1) is 17.1 Å². The molecule has 0 saturated heterocycles. The molecule has 2 rings (SSSR count). The molecule has 1 aromatic heterocycles. The number of hydrogen-bond acceptors (Lipinski definition) is 4. The average Bonchev–Trinajstić information content (AvgIpc) is 2.43. The highest BCUT2D eigenvalue weighted by atomic mass is 19.1. The van der Waals surface area contributed by atoms with Crippen molar-refractivity contribution in [3.05, 3.63) is 47.9 Å². The lowest BCUT2D eigenvalue weighted by Gasteiger charge is -2.23. The molecule has 0 aliphatic carbocycles. The minimum atomic E-state index is -0.300. The Morgan fingerprint density at radius 3 is 2.58 bits per heavy atom. The fourth-order valence-electron chi connectivity index (χ4n) is 1.85. The van der Waals surface area contributed by atoms with E-state index in [4.69, 9.17) is 11.0 Å². The van der Waals surface area contributed by atoms with Crippen LogP contribution in [-0.2, 0) is 0 Å². The van der Waals surface area contributed by atoms with Crippen molar-refractivity contribution >= 4 is 17.2 Å². The van der Waals surface area contributed by atoms with E-state index in [9.17, 15) is 4.39 Å². The lowest BCUT2D eigenvalue weighted by Crippen LogP contribution is -2.19. The summed E-state index contributed by atoms with van der Waals surface area (Å²) in [5.41, 5.74) is 7.42. The molecule has 0 bridgehead atoms. The Hall–Kier alpha value is -2.61. The molecule has 0 aliphatic rings. The predicted octanol–water partition coefficient (Wildman–Crippen LogP) is 2.83. The predicted molar refractivity (Wildman–Crippen MR) is 72.4 cm³/mol. The third-order valence-corrected chi connectivity index (χ3v) is 2.80. The average molecular weight is 256 g/mol.